The van der Waals surface area contributed by atoms with Gasteiger partial charge in [-0.15, -0.1) is 0 Å². The average Bonchev–Trinajstić information content (AvgIpc) is 3.24. The number of β-amino-alcohol motifs (C(OH)–C–C–N with tert-alkyl or cyclic N) is 1. The van der Waals surface area contributed by atoms with Gasteiger partial charge in [-0.25, -0.2) is 9.98 Å². The smallest absolute Gasteiger partial charge is 0.191 e. The molecule has 8 heteroatoms. The Kier molecular flexibility index (Phi) is 9.52. The zero-order valence-electron chi connectivity index (χ0n) is 19.5. The second-order valence-corrected chi connectivity index (χ2v) is 8.56. The van der Waals surface area contributed by atoms with Crippen LogP contribution >= 0.6 is 0 Å². The molecule has 8 nitrogen and oxygen atoms in total. The Morgan fingerprint density at radius 3 is 2.75 bits per heavy atom. The van der Waals surface area contributed by atoms with Crippen LogP contribution in [0.3, 0.4) is 0 Å². The zero-order chi connectivity index (χ0) is 22.7. The molecule has 176 valence electrons. The molecule has 1 aliphatic rings. The van der Waals surface area contributed by atoms with Crippen LogP contribution in [0, 0.1) is 0 Å². The van der Waals surface area contributed by atoms with Crippen molar-refractivity contribution in [3.05, 3.63) is 54.1 Å². The highest BCUT2D eigenvalue weighted by Crippen LogP contribution is 2.09. The van der Waals surface area contributed by atoms with Crippen molar-refractivity contribution in [3.63, 3.8) is 0 Å². The number of hydrogen-bond donors (Lipinski definition) is 3. The highest BCUT2D eigenvalue weighted by atomic mass is 16.5. The van der Waals surface area contributed by atoms with Crippen LogP contribution in [0.15, 0.2) is 47.7 Å². The minimum Gasteiger partial charge on any atom is -0.387 e. The van der Waals surface area contributed by atoms with E-state index in [1.54, 1.807) is 0 Å². The van der Waals surface area contributed by atoms with Crippen molar-refractivity contribution >= 4 is 5.96 Å². The van der Waals surface area contributed by atoms with Crippen molar-refractivity contribution in [1.29, 1.82) is 0 Å². The number of guanidine groups is 1. The van der Waals surface area contributed by atoms with Crippen LogP contribution in [0.5, 0.6) is 0 Å². The first kappa shape index (κ1) is 24.2. The van der Waals surface area contributed by atoms with Gasteiger partial charge >= 0.3 is 0 Å². The van der Waals surface area contributed by atoms with Crippen LogP contribution in [-0.4, -0.2) is 77.1 Å². The lowest BCUT2D eigenvalue weighted by Crippen LogP contribution is -2.53. The summed E-state index contributed by atoms with van der Waals surface area (Å²) < 4.78 is 7.56. The van der Waals surface area contributed by atoms with Crippen molar-refractivity contribution < 1.29 is 9.84 Å². The van der Waals surface area contributed by atoms with Gasteiger partial charge in [0.25, 0.3) is 0 Å². The molecule has 0 radical (unpaired) electrons. The Bertz CT molecular complexity index is 815. The number of aliphatic imine (C=N–C) groups is 1. The normalized spacial score (nSPS) is 17.2. The predicted molar refractivity (Wildman–Crippen MR) is 128 cm³/mol. The molecule has 1 aromatic heterocycles. The number of imidazole rings is 1. The van der Waals surface area contributed by atoms with Crippen LogP contribution in [-0.2, 0) is 24.2 Å². The minimum absolute atomic E-state index is 0.418. The van der Waals surface area contributed by atoms with E-state index in [1.165, 1.54) is 5.56 Å². The summed E-state index contributed by atoms with van der Waals surface area (Å²) in [4.78, 5) is 11.4. The number of morpholine rings is 1. The topological polar surface area (TPSA) is 86.9 Å². The van der Waals surface area contributed by atoms with Gasteiger partial charge in [0.05, 0.1) is 18.8 Å². The number of nitrogens with one attached hydrogen (secondary N) is 2. The van der Waals surface area contributed by atoms with Gasteiger partial charge in [0.2, 0.25) is 0 Å². The lowest BCUT2D eigenvalue weighted by molar-refractivity contribution is -0.0201. The summed E-state index contributed by atoms with van der Waals surface area (Å²) in [5, 5.41) is 17.4. The van der Waals surface area contributed by atoms with Gasteiger partial charge in [-0.1, -0.05) is 30.3 Å². The van der Waals surface area contributed by atoms with Crippen LogP contribution in [0.4, 0.5) is 0 Å². The Morgan fingerprint density at radius 1 is 1.22 bits per heavy atom. The highest BCUT2D eigenvalue weighted by Gasteiger charge is 2.25. The molecule has 3 rings (SSSR count). The maximum absolute atomic E-state index is 10.8. The first-order chi connectivity index (χ1) is 15.6. The van der Waals surface area contributed by atoms with Crippen molar-refractivity contribution in [2.24, 2.45) is 4.99 Å². The molecule has 1 fully saturated rings. The van der Waals surface area contributed by atoms with E-state index >= 15 is 0 Å². The van der Waals surface area contributed by atoms with E-state index in [4.69, 9.17) is 9.73 Å². The second-order valence-electron chi connectivity index (χ2n) is 8.56. The van der Waals surface area contributed by atoms with Crippen LogP contribution in [0.25, 0.3) is 0 Å². The molecule has 2 heterocycles. The summed E-state index contributed by atoms with van der Waals surface area (Å²) in [6, 6.07) is 10.6. The van der Waals surface area contributed by atoms with Gasteiger partial charge < -0.3 is 25.0 Å². The third kappa shape index (κ3) is 8.26. The van der Waals surface area contributed by atoms with Gasteiger partial charge in [-0.3, -0.25) is 4.90 Å². The Morgan fingerprint density at radius 2 is 2.00 bits per heavy atom. The van der Waals surface area contributed by atoms with Gasteiger partial charge in [0.1, 0.15) is 12.4 Å². The molecule has 0 amide bonds. The standard InChI is InChI=1S/C24H38N6O2/c1-3-25-23(28-19-24(2,31)20-29-14-16-32-17-15-29)27-18-22-26-11-13-30(22)12-7-10-21-8-5-4-6-9-21/h4-6,8-9,11,13,31H,3,7,10,12,14-20H2,1-2H3,(H2,25,27,28). The number of aliphatic hydroxyl groups is 1. The number of nitrogens with zero attached hydrogens (tertiary/aromatic N) is 4. The third-order valence-corrected chi connectivity index (χ3v) is 5.54. The van der Waals surface area contributed by atoms with E-state index < -0.39 is 5.60 Å². The summed E-state index contributed by atoms with van der Waals surface area (Å²) in [6.07, 6.45) is 5.95. The maximum atomic E-state index is 10.8. The second kappa shape index (κ2) is 12.6. The zero-order valence-corrected chi connectivity index (χ0v) is 19.5. The molecule has 1 saturated heterocycles. The van der Waals surface area contributed by atoms with Crippen molar-refractivity contribution in [2.45, 2.75) is 45.4 Å². The largest absolute Gasteiger partial charge is 0.387 e. The van der Waals surface area contributed by atoms with E-state index in [2.05, 4.69) is 49.4 Å². The van der Waals surface area contributed by atoms with E-state index in [1.807, 2.05) is 32.3 Å². The van der Waals surface area contributed by atoms with E-state index in [0.717, 1.165) is 58.1 Å². The molecule has 0 bridgehead atoms. The summed E-state index contributed by atoms with van der Waals surface area (Å²) in [5.41, 5.74) is 0.499. The number of hydrogen-bond acceptors (Lipinski definition) is 5. The van der Waals surface area contributed by atoms with Crippen molar-refractivity contribution in [1.82, 2.24) is 25.1 Å². The Balaban J connectivity index is 1.49. The van der Waals surface area contributed by atoms with Crippen LogP contribution < -0.4 is 10.6 Å². The predicted octanol–water partition coefficient (Wildman–Crippen LogP) is 1.65. The molecule has 0 spiro atoms. The molecule has 1 atom stereocenters. The maximum Gasteiger partial charge on any atom is 0.191 e. The van der Waals surface area contributed by atoms with Gasteiger partial charge in [-0.05, 0) is 32.3 Å². The lowest BCUT2D eigenvalue weighted by atomic mass is 10.1. The van der Waals surface area contributed by atoms with Crippen LogP contribution in [0.2, 0.25) is 0 Å². The molecule has 1 unspecified atom stereocenters. The lowest BCUT2D eigenvalue weighted by Gasteiger charge is -2.34. The molecule has 32 heavy (non-hydrogen) atoms. The molecule has 3 N–H and O–H groups in total. The molecule has 0 aliphatic carbocycles. The van der Waals surface area contributed by atoms with Crippen molar-refractivity contribution in [2.75, 3.05) is 45.9 Å². The van der Waals surface area contributed by atoms with Gasteiger partial charge in [0.15, 0.2) is 5.96 Å². The molecule has 1 aliphatic heterocycles. The van der Waals surface area contributed by atoms with Crippen LogP contribution in [0.1, 0.15) is 31.7 Å². The van der Waals surface area contributed by atoms with E-state index in [9.17, 15) is 5.11 Å². The number of aryl methyl sites for hydroxylation is 2. The van der Waals surface area contributed by atoms with Gasteiger partial charge in [-0.2, -0.15) is 0 Å². The quantitative estimate of drug-likeness (QED) is 0.362. The number of benzene rings is 1. The Hall–Kier alpha value is -2.42. The molecule has 0 saturated carbocycles. The molecular formula is C24H38N6O2. The summed E-state index contributed by atoms with van der Waals surface area (Å²) in [5.74, 6) is 1.63. The van der Waals surface area contributed by atoms with E-state index in [0.29, 0.717) is 25.6 Å². The highest BCUT2D eigenvalue weighted by molar-refractivity contribution is 5.79. The fraction of sp³-hybridized carbons (Fsp3) is 0.583. The Labute approximate surface area is 191 Å². The minimum atomic E-state index is -0.858. The first-order valence-corrected chi connectivity index (χ1v) is 11.6. The van der Waals surface area contributed by atoms with E-state index in [-0.39, 0.29) is 0 Å². The third-order valence-electron chi connectivity index (χ3n) is 5.54. The summed E-state index contributed by atoms with van der Waals surface area (Å²) in [6.45, 7) is 10.2. The molecular weight excluding hydrogens is 404 g/mol. The van der Waals surface area contributed by atoms with Gasteiger partial charge in [0, 0.05) is 51.7 Å². The average molecular weight is 443 g/mol. The monoisotopic (exact) mass is 442 g/mol. The SMILES string of the molecule is CCNC(=NCc1nccn1CCCc1ccccc1)NCC(C)(O)CN1CCOCC1. The fourth-order valence-corrected chi connectivity index (χ4v) is 3.86. The number of aromatic nitrogens is 2. The van der Waals surface area contributed by atoms with Crippen molar-refractivity contribution in [3.8, 4) is 0 Å². The molecule has 1 aromatic carbocycles. The number of ether oxygens (including phenoxy) is 1. The summed E-state index contributed by atoms with van der Waals surface area (Å²) >= 11 is 0. The first-order valence-electron chi connectivity index (χ1n) is 11.6. The molecule has 2 aromatic rings. The summed E-state index contributed by atoms with van der Waals surface area (Å²) in [7, 11) is 0. The fourth-order valence-electron chi connectivity index (χ4n) is 3.86. The number of rotatable bonds is 11.